The van der Waals surface area contributed by atoms with Crippen LogP contribution in [0.3, 0.4) is 0 Å². The van der Waals surface area contributed by atoms with Crippen molar-refractivity contribution in [2.75, 3.05) is 11.9 Å². The van der Waals surface area contributed by atoms with Crippen molar-refractivity contribution >= 4 is 34.1 Å². The second-order valence-corrected chi connectivity index (χ2v) is 5.63. The van der Waals surface area contributed by atoms with Crippen molar-refractivity contribution in [2.24, 2.45) is 0 Å². The molecule has 0 unspecified atom stereocenters. The van der Waals surface area contributed by atoms with Crippen LogP contribution in [0, 0.1) is 0 Å². The third kappa shape index (κ3) is 4.72. The lowest BCUT2D eigenvalue weighted by molar-refractivity contribution is -0.114. The number of nitrogens with zero attached hydrogens (tertiary/aromatic N) is 1. The Balaban J connectivity index is 1.91. The monoisotopic (exact) mass is 332 g/mol. The highest BCUT2D eigenvalue weighted by Crippen LogP contribution is 2.16. The summed E-state index contributed by atoms with van der Waals surface area (Å²) in [4.78, 5) is 38.6. The van der Waals surface area contributed by atoms with Crippen LogP contribution in [0.4, 0.5) is 5.13 Å². The van der Waals surface area contributed by atoms with Gasteiger partial charge in [-0.25, -0.2) is 9.78 Å². The van der Waals surface area contributed by atoms with Gasteiger partial charge >= 0.3 is 5.97 Å². The van der Waals surface area contributed by atoms with E-state index in [1.165, 1.54) is 12.3 Å². The van der Waals surface area contributed by atoms with E-state index >= 15 is 0 Å². The van der Waals surface area contributed by atoms with Crippen molar-refractivity contribution in [3.8, 4) is 0 Å². The van der Waals surface area contributed by atoms with Crippen LogP contribution in [0.15, 0.2) is 29.6 Å². The Morgan fingerprint density at radius 2 is 1.91 bits per heavy atom. The number of ketones is 1. The van der Waals surface area contributed by atoms with E-state index in [4.69, 9.17) is 4.74 Å². The summed E-state index contributed by atoms with van der Waals surface area (Å²) in [6.07, 6.45) is 0.893. The van der Waals surface area contributed by atoms with Crippen LogP contribution in [0.5, 0.6) is 0 Å². The van der Waals surface area contributed by atoms with Gasteiger partial charge in [0.05, 0.1) is 0 Å². The Hall–Kier alpha value is -2.54. The Kier molecular flexibility index (Phi) is 5.59. The number of hydrogen-bond acceptors (Lipinski definition) is 6. The highest BCUT2D eigenvalue weighted by molar-refractivity contribution is 7.14. The number of aryl methyl sites for hydroxylation is 1. The topological polar surface area (TPSA) is 85.4 Å². The number of ether oxygens (including phenoxy) is 1. The molecule has 1 amide bonds. The van der Waals surface area contributed by atoms with Gasteiger partial charge in [-0.2, -0.15) is 0 Å². The number of Topliss-reactive ketones (excluding diaryl/α,β-unsaturated/α-hetero) is 1. The summed E-state index contributed by atoms with van der Waals surface area (Å²) < 4.78 is 4.96. The Bertz CT molecular complexity index is 722. The molecule has 0 atom stereocenters. The number of hydrogen-bond donors (Lipinski definition) is 1. The van der Waals surface area contributed by atoms with Gasteiger partial charge in [0.25, 0.3) is 0 Å². The highest BCUT2D eigenvalue weighted by Gasteiger charge is 2.15. The first-order chi connectivity index (χ1) is 11.0. The number of aromatic nitrogens is 1. The maximum atomic E-state index is 12.0. The third-order valence-electron chi connectivity index (χ3n) is 3.01. The normalized spacial score (nSPS) is 10.2. The zero-order valence-electron chi connectivity index (χ0n) is 12.8. The smallest absolute Gasteiger partial charge is 0.358 e. The zero-order chi connectivity index (χ0) is 16.8. The summed E-state index contributed by atoms with van der Waals surface area (Å²) in [5.41, 5.74) is 1.69. The number of rotatable bonds is 6. The lowest BCUT2D eigenvalue weighted by Crippen LogP contribution is -2.15. The molecule has 1 aromatic heterocycles. The summed E-state index contributed by atoms with van der Waals surface area (Å²) in [6, 6.07) is 7.17. The van der Waals surface area contributed by atoms with Crippen molar-refractivity contribution in [3.63, 3.8) is 0 Å². The van der Waals surface area contributed by atoms with E-state index in [9.17, 15) is 14.4 Å². The van der Waals surface area contributed by atoms with E-state index in [1.807, 2.05) is 19.1 Å². The molecule has 0 aliphatic heterocycles. The van der Waals surface area contributed by atoms with Crippen molar-refractivity contribution in [1.29, 1.82) is 0 Å². The van der Waals surface area contributed by atoms with Crippen LogP contribution in [0.1, 0.15) is 40.3 Å². The average Bonchev–Trinajstić information content (AvgIpc) is 3.00. The predicted octanol–water partition coefficient (Wildman–Crippen LogP) is 2.70. The van der Waals surface area contributed by atoms with Crippen molar-refractivity contribution < 1.29 is 19.1 Å². The Morgan fingerprint density at radius 1 is 1.22 bits per heavy atom. The molecule has 0 bridgehead atoms. The molecule has 1 aromatic carbocycles. The average molecular weight is 332 g/mol. The fourth-order valence-corrected chi connectivity index (χ4v) is 2.52. The quantitative estimate of drug-likeness (QED) is 0.649. The molecule has 0 aliphatic carbocycles. The molecule has 6 nitrogen and oxygen atoms in total. The lowest BCUT2D eigenvalue weighted by Gasteiger charge is -2.03. The molecule has 23 heavy (non-hydrogen) atoms. The van der Waals surface area contributed by atoms with Crippen LogP contribution < -0.4 is 5.32 Å². The molecule has 1 N–H and O–H groups in total. The SMILES string of the molecule is CCc1ccc(C(=O)COC(=O)c2csc(NC(C)=O)n2)cc1. The van der Waals surface area contributed by atoms with Gasteiger partial charge in [0, 0.05) is 17.9 Å². The van der Waals surface area contributed by atoms with Crippen LogP contribution in [0.25, 0.3) is 0 Å². The number of carbonyl (C=O) groups is 3. The van der Waals surface area contributed by atoms with Crippen molar-refractivity contribution in [1.82, 2.24) is 4.98 Å². The summed E-state index contributed by atoms with van der Waals surface area (Å²) in [5, 5.41) is 4.25. The standard InChI is InChI=1S/C16H16N2O4S/c1-3-11-4-6-12(7-5-11)14(20)8-22-15(21)13-9-23-16(18-13)17-10(2)19/h4-7,9H,3,8H2,1-2H3,(H,17,18,19). The fraction of sp³-hybridized carbons (Fsp3) is 0.250. The first-order valence-electron chi connectivity index (χ1n) is 7.02. The van der Waals surface area contributed by atoms with E-state index in [0.717, 1.165) is 23.3 Å². The summed E-state index contributed by atoms with van der Waals surface area (Å²) in [6.45, 7) is 3.03. The maximum Gasteiger partial charge on any atom is 0.358 e. The number of esters is 1. The van der Waals surface area contributed by atoms with Gasteiger partial charge < -0.3 is 10.1 Å². The first-order valence-corrected chi connectivity index (χ1v) is 7.90. The number of amides is 1. The van der Waals surface area contributed by atoms with E-state index in [-0.39, 0.29) is 24.0 Å². The van der Waals surface area contributed by atoms with Crippen LogP contribution in [-0.4, -0.2) is 29.3 Å². The first kappa shape index (κ1) is 16.8. The maximum absolute atomic E-state index is 12.0. The van der Waals surface area contributed by atoms with Gasteiger partial charge in [-0.1, -0.05) is 31.2 Å². The zero-order valence-corrected chi connectivity index (χ0v) is 13.6. The summed E-state index contributed by atoms with van der Waals surface area (Å²) in [5.74, 6) is -1.25. The molecule has 2 aromatic rings. The molecule has 2 rings (SSSR count). The molecule has 120 valence electrons. The van der Waals surface area contributed by atoms with E-state index in [1.54, 1.807) is 12.1 Å². The molecule has 0 saturated carbocycles. The number of nitrogens with one attached hydrogen (secondary N) is 1. The van der Waals surface area contributed by atoms with Crippen molar-refractivity contribution in [3.05, 3.63) is 46.5 Å². The lowest BCUT2D eigenvalue weighted by atomic mass is 10.1. The number of thiazole rings is 1. The minimum absolute atomic E-state index is 0.0629. The molecule has 0 spiro atoms. The second-order valence-electron chi connectivity index (χ2n) is 4.77. The van der Waals surface area contributed by atoms with Gasteiger partial charge in [-0.15, -0.1) is 11.3 Å². The highest BCUT2D eigenvalue weighted by atomic mass is 32.1. The summed E-state index contributed by atoms with van der Waals surface area (Å²) in [7, 11) is 0. The molecule has 7 heteroatoms. The molecule has 0 saturated heterocycles. The second kappa shape index (κ2) is 7.64. The summed E-state index contributed by atoms with van der Waals surface area (Å²) >= 11 is 1.11. The molecule has 0 radical (unpaired) electrons. The van der Waals surface area contributed by atoms with Gasteiger partial charge in [0.2, 0.25) is 5.91 Å². The Morgan fingerprint density at radius 3 is 2.52 bits per heavy atom. The fourth-order valence-electron chi connectivity index (χ4n) is 1.79. The van der Waals surface area contributed by atoms with Crippen LogP contribution in [0.2, 0.25) is 0 Å². The number of anilines is 1. The Labute approximate surface area is 137 Å². The molecule has 1 heterocycles. The number of benzene rings is 1. The van der Waals surface area contributed by atoms with Gasteiger partial charge in [-0.05, 0) is 12.0 Å². The molecular weight excluding hydrogens is 316 g/mol. The van der Waals surface area contributed by atoms with Crippen molar-refractivity contribution in [2.45, 2.75) is 20.3 Å². The van der Waals surface area contributed by atoms with E-state index < -0.39 is 5.97 Å². The third-order valence-corrected chi connectivity index (χ3v) is 3.77. The van der Waals surface area contributed by atoms with Crippen LogP contribution in [-0.2, 0) is 16.0 Å². The molecular formula is C16H16N2O4S. The van der Waals surface area contributed by atoms with Crippen LogP contribution >= 0.6 is 11.3 Å². The minimum atomic E-state index is -0.698. The number of carbonyl (C=O) groups excluding carboxylic acids is 3. The largest absolute Gasteiger partial charge is 0.453 e. The minimum Gasteiger partial charge on any atom is -0.453 e. The van der Waals surface area contributed by atoms with E-state index in [2.05, 4.69) is 10.3 Å². The van der Waals surface area contributed by atoms with E-state index in [0.29, 0.717) is 10.7 Å². The van der Waals surface area contributed by atoms with Gasteiger partial charge in [-0.3, -0.25) is 9.59 Å². The molecule has 0 fully saturated rings. The predicted molar refractivity (Wildman–Crippen MR) is 86.9 cm³/mol. The van der Waals surface area contributed by atoms with Gasteiger partial charge in [0.1, 0.15) is 0 Å². The van der Waals surface area contributed by atoms with Gasteiger partial charge in [0.15, 0.2) is 23.2 Å². The molecule has 0 aliphatic rings.